The van der Waals surface area contributed by atoms with Crippen LogP contribution < -0.4 is 15.5 Å². The molecule has 28 heavy (non-hydrogen) atoms. The molecule has 0 aromatic heterocycles. The molecular formula is C23H27N3O2. The largest absolute Gasteiger partial charge is 0.371 e. The van der Waals surface area contributed by atoms with Gasteiger partial charge in [0.25, 0.3) is 5.91 Å². The molecular weight excluding hydrogens is 350 g/mol. The maximum atomic E-state index is 12.7. The van der Waals surface area contributed by atoms with Gasteiger partial charge in [-0.2, -0.15) is 0 Å². The van der Waals surface area contributed by atoms with Gasteiger partial charge in [-0.05, 0) is 67.7 Å². The summed E-state index contributed by atoms with van der Waals surface area (Å²) < 4.78 is 0. The van der Waals surface area contributed by atoms with Crippen molar-refractivity contribution >= 4 is 23.2 Å². The molecule has 146 valence electrons. The topological polar surface area (TPSA) is 61.4 Å². The first-order valence-electron chi connectivity index (χ1n) is 9.73. The van der Waals surface area contributed by atoms with E-state index in [1.165, 1.54) is 25.3 Å². The Morgan fingerprint density at radius 2 is 1.79 bits per heavy atom. The summed E-state index contributed by atoms with van der Waals surface area (Å²) in [4.78, 5) is 26.3. The van der Waals surface area contributed by atoms with Crippen molar-refractivity contribution in [1.29, 1.82) is 0 Å². The van der Waals surface area contributed by atoms with Crippen LogP contribution in [0.3, 0.4) is 0 Å². The van der Waals surface area contributed by atoms with Crippen LogP contribution in [0.5, 0.6) is 0 Å². The van der Waals surface area contributed by atoms with E-state index in [-0.39, 0.29) is 11.8 Å². The van der Waals surface area contributed by atoms with Gasteiger partial charge in [0.2, 0.25) is 5.91 Å². The zero-order chi connectivity index (χ0) is 19.9. The van der Waals surface area contributed by atoms with E-state index in [1.807, 2.05) is 19.1 Å². The third kappa shape index (κ3) is 5.00. The van der Waals surface area contributed by atoms with E-state index in [9.17, 15) is 9.59 Å². The number of rotatable bonds is 6. The SMILES string of the molecule is C=CC(=O)NCc1ccc(C(=O)Nc2cc(N3CCCCC3)ccc2C)cc1. The van der Waals surface area contributed by atoms with Crippen molar-refractivity contribution in [3.8, 4) is 0 Å². The number of piperidine rings is 1. The number of amides is 2. The molecule has 1 saturated heterocycles. The van der Waals surface area contributed by atoms with Gasteiger partial charge < -0.3 is 15.5 Å². The second-order valence-electron chi connectivity index (χ2n) is 7.12. The molecule has 0 unspecified atom stereocenters. The minimum Gasteiger partial charge on any atom is -0.371 e. The Bertz CT molecular complexity index is 853. The Labute approximate surface area is 166 Å². The molecule has 0 aliphatic carbocycles. The fraction of sp³-hybridized carbons (Fsp3) is 0.304. The van der Waals surface area contributed by atoms with Crippen molar-refractivity contribution in [2.24, 2.45) is 0 Å². The summed E-state index contributed by atoms with van der Waals surface area (Å²) in [6.45, 7) is 7.97. The lowest BCUT2D eigenvalue weighted by Gasteiger charge is -2.29. The van der Waals surface area contributed by atoms with E-state index in [4.69, 9.17) is 0 Å². The van der Waals surface area contributed by atoms with Gasteiger partial charge >= 0.3 is 0 Å². The second kappa shape index (κ2) is 9.22. The van der Waals surface area contributed by atoms with E-state index < -0.39 is 0 Å². The standard InChI is InChI=1S/C23H27N3O2/c1-3-22(27)24-16-18-8-10-19(11-9-18)23(28)25-21-15-20(12-7-17(21)2)26-13-5-4-6-14-26/h3,7-12,15H,1,4-6,13-14,16H2,2H3,(H,24,27)(H,25,28). The molecule has 0 radical (unpaired) electrons. The number of aryl methyl sites for hydroxylation is 1. The van der Waals surface area contributed by atoms with Crippen LogP contribution in [0.1, 0.15) is 40.7 Å². The quantitative estimate of drug-likeness (QED) is 0.747. The number of benzene rings is 2. The molecule has 2 N–H and O–H groups in total. The molecule has 0 atom stereocenters. The minimum atomic E-state index is -0.217. The number of carbonyl (C=O) groups excluding carboxylic acids is 2. The molecule has 1 aliphatic heterocycles. The molecule has 0 spiro atoms. The van der Waals surface area contributed by atoms with Crippen molar-refractivity contribution < 1.29 is 9.59 Å². The van der Waals surface area contributed by atoms with Crippen LogP contribution in [0.4, 0.5) is 11.4 Å². The highest BCUT2D eigenvalue weighted by molar-refractivity contribution is 6.04. The van der Waals surface area contributed by atoms with Gasteiger partial charge in [0.05, 0.1) is 0 Å². The highest BCUT2D eigenvalue weighted by Crippen LogP contribution is 2.26. The molecule has 2 aromatic carbocycles. The molecule has 0 bridgehead atoms. The predicted octanol–water partition coefficient (Wildman–Crippen LogP) is 4.04. The minimum absolute atomic E-state index is 0.138. The predicted molar refractivity (Wildman–Crippen MR) is 114 cm³/mol. The maximum absolute atomic E-state index is 12.7. The third-order valence-corrected chi connectivity index (χ3v) is 5.06. The van der Waals surface area contributed by atoms with Crippen LogP contribution >= 0.6 is 0 Å². The molecule has 5 heteroatoms. The Morgan fingerprint density at radius 3 is 2.46 bits per heavy atom. The van der Waals surface area contributed by atoms with Crippen LogP contribution in [-0.4, -0.2) is 24.9 Å². The van der Waals surface area contributed by atoms with E-state index in [2.05, 4.69) is 40.3 Å². The zero-order valence-electron chi connectivity index (χ0n) is 16.3. The van der Waals surface area contributed by atoms with Gasteiger partial charge in [-0.15, -0.1) is 0 Å². The third-order valence-electron chi connectivity index (χ3n) is 5.06. The fourth-order valence-corrected chi connectivity index (χ4v) is 3.32. The molecule has 5 nitrogen and oxygen atoms in total. The number of nitrogens with one attached hydrogen (secondary N) is 2. The number of nitrogens with zero attached hydrogens (tertiary/aromatic N) is 1. The Morgan fingerprint density at radius 1 is 1.07 bits per heavy atom. The highest BCUT2D eigenvalue weighted by atomic mass is 16.2. The summed E-state index contributed by atoms with van der Waals surface area (Å²) in [5.74, 6) is -0.355. The van der Waals surface area contributed by atoms with E-state index in [1.54, 1.807) is 12.1 Å². The average Bonchev–Trinajstić information content (AvgIpc) is 2.74. The Balaban J connectivity index is 1.66. The summed E-state index contributed by atoms with van der Waals surface area (Å²) in [5.41, 5.74) is 4.55. The molecule has 1 fully saturated rings. The highest BCUT2D eigenvalue weighted by Gasteiger charge is 2.14. The number of hydrogen-bond donors (Lipinski definition) is 2. The van der Waals surface area contributed by atoms with Crippen molar-refractivity contribution in [2.45, 2.75) is 32.7 Å². The van der Waals surface area contributed by atoms with Crippen LogP contribution in [-0.2, 0) is 11.3 Å². The van der Waals surface area contributed by atoms with Gasteiger partial charge in [0.15, 0.2) is 0 Å². The first kappa shape index (κ1) is 19.7. The summed E-state index contributed by atoms with van der Waals surface area (Å²) in [6.07, 6.45) is 4.96. The van der Waals surface area contributed by atoms with Crippen molar-refractivity contribution in [1.82, 2.24) is 5.32 Å². The first-order valence-corrected chi connectivity index (χ1v) is 9.73. The molecule has 2 amide bonds. The average molecular weight is 377 g/mol. The molecule has 3 rings (SSSR count). The summed E-state index contributed by atoms with van der Waals surface area (Å²) in [6, 6.07) is 13.5. The van der Waals surface area contributed by atoms with Crippen molar-refractivity contribution in [3.63, 3.8) is 0 Å². The lowest BCUT2D eigenvalue weighted by molar-refractivity contribution is -0.116. The van der Waals surface area contributed by atoms with E-state index >= 15 is 0 Å². The Hall–Kier alpha value is -3.08. The van der Waals surface area contributed by atoms with E-state index in [0.717, 1.165) is 35.6 Å². The molecule has 0 saturated carbocycles. The smallest absolute Gasteiger partial charge is 0.255 e. The summed E-state index contributed by atoms with van der Waals surface area (Å²) >= 11 is 0. The molecule has 1 aliphatic rings. The van der Waals surface area contributed by atoms with Crippen LogP contribution in [0.25, 0.3) is 0 Å². The normalized spacial score (nSPS) is 13.7. The van der Waals surface area contributed by atoms with Crippen molar-refractivity contribution in [3.05, 3.63) is 71.8 Å². The number of carbonyl (C=O) groups is 2. The lowest BCUT2D eigenvalue weighted by Crippen LogP contribution is -2.29. The number of hydrogen-bond acceptors (Lipinski definition) is 3. The summed E-state index contributed by atoms with van der Waals surface area (Å²) in [5, 5.41) is 5.76. The van der Waals surface area contributed by atoms with Crippen LogP contribution in [0, 0.1) is 6.92 Å². The van der Waals surface area contributed by atoms with Crippen molar-refractivity contribution in [2.75, 3.05) is 23.3 Å². The maximum Gasteiger partial charge on any atom is 0.255 e. The van der Waals surface area contributed by atoms with Gasteiger partial charge in [-0.3, -0.25) is 9.59 Å². The first-order chi connectivity index (χ1) is 13.6. The summed E-state index contributed by atoms with van der Waals surface area (Å²) in [7, 11) is 0. The molecule has 2 aromatic rings. The fourth-order valence-electron chi connectivity index (χ4n) is 3.32. The van der Waals surface area contributed by atoms with Gasteiger partial charge in [-0.25, -0.2) is 0 Å². The zero-order valence-corrected chi connectivity index (χ0v) is 16.3. The lowest BCUT2D eigenvalue weighted by atomic mass is 10.1. The number of anilines is 2. The Kier molecular flexibility index (Phi) is 6.48. The van der Waals surface area contributed by atoms with Gasteiger partial charge in [0.1, 0.15) is 0 Å². The van der Waals surface area contributed by atoms with Crippen LogP contribution in [0.2, 0.25) is 0 Å². The van der Waals surface area contributed by atoms with E-state index in [0.29, 0.717) is 12.1 Å². The second-order valence-corrected chi connectivity index (χ2v) is 7.12. The van der Waals surface area contributed by atoms with Crippen LogP contribution in [0.15, 0.2) is 55.1 Å². The monoisotopic (exact) mass is 377 g/mol. The molecule has 1 heterocycles. The van der Waals surface area contributed by atoms with Gasteiger partial charge in [0, 0.05) is 36.6 Å². The van der Waals surface area contributed by atoms with Gasteiger partial charge in [-0.1, -0.05) is 24.8 Å².